The van der Waals surface area contributed by atoms with Gasteiger partial charge in [0.1, 0.15) is 0 Å². The minimum absolute atomic E-state index is 0.621. The summed E-state index contributed by atoms with van der Waals surface area (Å²) >= 11 is 3.00. The third kappa shape index (κ3) is 2.57. The first-order valence-electron chi connectivity index (χ1n) is 3.17. The number of amidine groups is 1. The summed E-state index contributed by atoms with van der Waals surface area (Å²) in [7, 11) is 0. The number of thiophene rings is 1. The molecule has 0 fully saturated rings. The normalized spacial score (nSPS) is 10.8. The summed E-state index contributed by atoms with van der Waals surface area (Å²) in [5.41, 5.74) is 0.882. The van der Waals surface area contributed by atoms with Gasteiger partial charge in [0.25, 0.3) is 0 Å². The van der Waals surface area contributed by atoms with Crippen LogP contribution < -0.4 is 5.32 Å². The highest BCUT2D eigenvalue weighted by Crippen LogP contribution is 2.16. The van der Waals surface area contributed by atoms with Crippen LogP contribution in [0.4, 0.5) is 5.69 Å². The van der Waals surface area contributed by atoms with Gasteiger partial charge < -0.3 is 0 Å². The van der Waals surface area contributed by atoms with Crippen molar-refractivity contribution >= 4 is 34.0 Å². The fourth-order valence-corrected chi connectivity index (χ4v) is 1.52. The smallest absolute Gasteiger partial charge is 0.183 e. The largest absolute Gasteiger partial charge is 0.271 e. The fourth-order valence-electron chi connectivity index (χ4n) is 0.611. The molecule has 3 nitrogen and oxygen atoms in total. The molecule has 0 amide bonds. The average Bonchev–Trinajstić information content (AvgIpc) is 2.56. The molecule has 1 rings (SSSR count). The summed E-state index contributed by atoms with van der Waals surface area (Å²) in [5, 5.41) is 15.3. The van der Waals surface area contributed by atoms with E-state index in [1.807, 2.05) is 29.3 Å². The third-order valence-corrected chi connectivity index (χ3v) is 2.34. The summed E-state index contributed by atoms with van der Waals surface area (Å²) < 4.78 is 0. The van der Waals surface area contributed by atoms with E-state index in [2.05, 4.69) is 10.3 Å². The van der Waals surface area contributed by atoms with Gasteiger partial charge in [0.05, 0.1) is 5.69 Å². The monoisotopic (exact) mass is 197 g/mol. The predicted octanol–water partition coefficient (Wildman–Crippen LogP) is 2.17. The van der Waals surface area contributed by atoms with E-state index in [9.17, 15) is 0 Å². The SMILES string of the molecule is CSC(=Nc1ccsc1)NC#N. The van der Waals surface area contributed by atoms with Crippen molar-refractivity contribution in [2.75, 3.05) is 6.26 Å². The van der Waals surface area contributed by atoms with Crippen molar-refractivity contribution in [2.24, 2.45) is 4.99 Å². The topological polar surface area (TPSA) is 48.2 Å². The number of nitrogens with zero attached hydrogens (tertiary/aromatic N) is 2. The van der Waals surface area contributed by atoms with Crippen LogP contribution in [0.3, 0.4) is 0 Å². The highest BCUT2D eigenvalue weighted by atomic mass is 32.2. The lowest BCUT2D eigenvalue weighted by Gasteiger charge is -1.95. The molecule has 0 spiro atoms. The molecular formula is C7H7N3S2. The third-order valence-electron chi connectivity index (χ3n) is 1.09. The second-order valence-corrected chi connectivity index (χ2v) is 3.41. The van der Waals surface area contributed by atoms with Crippen molar-refractivity contribution in [2.45, 2.75) is 0 Å². The Bertz CT molecular complexity index is 297. The van der Waals surface area contributed by atoms with Gasteiger partial charge in [-0.15, -0.1) is 0 Å². The van der Waals surface area contributed by atoms with Gasteiger partial charge in [0.2, 0.25) is 0 Å². The van der Waals surface area contributed by atoms with Gasteiger partial charge in [0.15, 0.2) is 11.4 Å². The number of hydrogen-bond donors (Lipinski definition) is 1. The number of aliphatic imine (C=N–C) groups is 1. The molecule has 0 atom stereocenters. The Kier molecular flexibility index (Phi) is 3.64. The van der Waals surface area contributed by atoms with E-state index in [0.717, 1.165) is 5.69 Å². The molecule has 0 saturated carbocycles. The van der Waals surface area contributed by atoms with Gasteiger partial charge in [-0.2, -0.15) is 16.6 Å². The van der Waals surface area contributed by atoms with Crippen LogP contribution in [0.15, 0.2) is 21.8 Å². The van der Waals surface area contributed by atoms with Gasteiger partial charge in [-0.3, -0.25) is 5.32 Å². The van der Waals surface area contributed by atoms with E-state index in [-0.39, 0.29) is 0 Å². The van der Waals surface area contributed by atoms with Crippen LogP contribution in [-0.4, -0.2) is 11.4 Å². The minimum atomic E-state index is 0.621. The minimum Gasteiger partial charge on any atom is -0.271 e. The van der Waals surface area contributed by atoms with Crippen LogP contribution in [-0.2, 0) is 0 Å². The van der Waals surface area contributed by atoms with E-state index in [4.69, 9.17) is 5.26 Å². The second kappa shape index (κ2) is 4.80. The molecule has 0 bridgehead atoms. The molecule has 5 heteroatoms. The molecule has 12 heavy (non-hydrogen) atoms. The molecule has 0 radical (unpaired) electrons. The number of nitrogens with one attached hydrogen (secondary N) is 1. The second-order valence-electron chi connectivity index (χ2n) is 1.84. The number of nitriles is 1. The molecule has 1 N–H and O–H groups in total. The Balaban J connectivity index is 2.72. The Morgan fingerprint density at radius 3 is 3.17 bits per heavy atom. The van der Waals surface area contributed by atoms with Gasteiger partial charge in [0, 0.05) is 5.38 Å². The lowest BCUT2D eigenvalue weighted by molar-refractivity contribution is 1.28. The van der Waals surface area contributed by atoms with Crippen LogP contribution >= 0.6 is 23.1 Å². The van der Waals surface area contributed by atoms with E-state index in [0.29, 0.717) is 5.17 Å². The van der Waals surface area contributed by atoms with Crippen LogP contribution in [0.5, 0.6) is 0 Å². The molecular weight excluding hydrogens is 190 g/mol. The zero-order valence-corrected chi connectivity index (χ0v) is 8.08. The summed E-state index contributed by atoms with van der Waals surface area (Å²) in [4.78, 5) is 4.18. The van der Waals surface area contributed by atoms with E-state index < -0.39 is 0 Å². The van der Waals surface area contributed by atoms with Crippen LogP contribution in [0.2, 0.25) is 0 Å². The Morgan fingerprint density at radius 2 is 2.67 bits per heavy atom. The molecule has 1 aromatic rings. The zero-order chi connectivity index (χ0) is 8.81. The summed E-state index contributed by atoms with van der Waals surface area (Å²) in [6.07, 6.45) is 3.70. The Labute approximate surface area is 79.1 Å². The molecule has 62 valence electrons. The molecule has 0 aliphatic rings. The van der Waals surface area contributed by atoms with Crippen LogP contribution in [0.1, 0.15) is 0 Å². The predicted molar refractivity (Wildman–Crippen MR) is 53.7 cm³/mol. The molecule has 0 aliphatic heterocycles. The quantitative estimate of drug-likeness (QED) is 0.325. The first kappa shape index (κ1) is 9.10. The van der Waals surface area contributed by atoms with Crippen molar-refractivity contribution in [3.05, 3.63) is 16.8 Å². The zero-order valence-electron chi connectivity index (χ0n) is 6.44. The first-order chi connectivity index (χ1) is 5.86. The number of rotatable bonds is 1. The average molecular weight is 197 g/mol. The lowest BCUT2D eigenvalue weighted by atomic mass is 10.6. The molecule has 0 aromatic carbocycles. The van der Waals surface area contributed by atoms with Crippen molar-refractivity contribution in [1.82, 2.24) is 5.32 Å². The molecule has 1 aromatic heterocycles. The molecule has 0 unspecified atom stereocenters. The van der Waals surface area contributed by atoms with Crippen molar-refractivity contribution in [3.63, 3.8) is 0 Å². The maximum Gasteiger partial charge on any atom is 0.183 e. The van der Waals surface area contributed by atoms with E-state index >= 15 is 0 Å². The van der Waals surface area contributed by atoms with E-state index in [1.54, 1.807) is 11.3 Å². The van der Waals surface area contributed by atoms with Crippen LogP contribution in [0, 0.1) is 11.5 Å². The Hall–Kier alpha value is -0.990. The summed E-state index contributed by atoms with van der Waals surface area (Å²) in [5.74, 6) is 0. The summed E-state index contributed by atoms with van der Waals surface area (Å²) in [6.45, 7) is 0. The number of hydrogen-bond acceptors (Lipinski definition) is 4. The maximum absolute atomic E-state index is 8.34. The summed E-state index contributed by atoms with van der Waals surface area (Å²) in [6, 6.07) is 1.90. The van der Waals surface area contributed by atoms with Gasteiger partial charge in [-0.25, -0.2) is 4.99 Å². The van der Waals surface area contributed by atoms with Crippen molar-refractivity contribution in [3.8, 4) is 6.19 Å². The first-order valence-corrected chi connectivity index (χ1v) is 5.33. The molecule has 0 saturated heterocycles. The van der Waals surface area contributed by atoms with E-state index in [1.165, 1.54) is 11.8 Å². The number of thioether (sulfide) groups is 1. The fraction of sp³-hybridized carbons (Fsp3) is 0.143. The molecule has 1 heterocycles. The van der Waals surface area contributed by atoms with Crippen molar-refractivity contribution < 1.29 is 0 Å². The van der Waals surface area contributed by atoms with Gasteiger partial charge in [-0.05, 0) is 17.7 Å². The van der Waals surface area contributed by atoms with Crippen molar-refractivity contribution in [1.29, 1.82) is 5.26 Å². The standard InChI is InChI=1S/C7H7N3S2/c1-11-7(9-5-8)10-6-2-3-12-4-6/h2-4H,1H3,(H,9,10). The highest BCUT2D eigenvalue weighted by molar-refractivity contribution is 8.13. The van der Waals surface area contributed by atoms with Gasteiger partial charge in [-0.1, -0.05) is 11.8 Å². The highest BCUT2D eigenvalue weighted by Gasteiger charge is 1.95. The van der Waals surface area contributed by atoms with Gasteiger partial charge >= 0.3 is 0 Å². The molecule has 0 aliphatic carbocycles. The van der Waals surface area contributed by atoms with Crippen LogP contribution in [0.25, 0.3) is 0 Å². The Morgan fingerprint density at radius 1 is 1.83 bits per heavy atom. The lowest BCUT2D eigenvalue weighted by Crippen LogP contribution is -2.12. The maximum atomic E-state index is 8.34.